The molecule has 1 fully saturated rings. The number of carbonyl (C=O) groups is 1. The third-order valence-electron chi connectivity index (χ3n) is 4.39. The molecule has 1 aliphatic carbocycles. The van der Waals surface area contributed by atoms with E-state index in [1.165, 1.54) is 18.4 Å². The molecule has 0 spiro atoms. The highest BCUT2D eigenvalue weighted by atomic mass is 16.1. The van der Waals surface area contributed by atoms with Crippen LogP contribution in [-0.4, -0.2) is 30.0 Å². The predicted octanol–water partition coefficient (Wildman–Crippen LogP) is 0.987. The maximum atomic E-state index is 11.7. The summed E-state index contributed by atoms with van der Waals surface area (Å²) in [6, 6.07) is 2.23. The number of hydrogen-bond acceptors (Lipinski definition) is 4. The topological polar surface area (TPSA) is 85.2 Å². The van der Waals surface area contributed by atoms with E-state index in [2.05, 4.69) is 4.90 Å². The van der Waals surface area contributed by atoms with Gasteiger partial charge in [0.1, 0.15) is 5.82 Å². The summed E-state index contributed by atoms with van der Waals surface area (Å²) in [6.45, 7) is 1.71. The molecule has 20 heavy (non-hydrogen) atoms. The molecule has 1 saturated heterocycles. The fraction of sp³-hybridized carbons (Fsp3) is 0.600. The lowest BCUT2D eigenvalue weighted by atomic mass is 9.94. The Kier molecular flexibility index (Phi) is 3.61. The summed E-state index contributed by atoms with van der Waals surface area (Å²) in [6.07, 6.45) is 6.25. The van der Waals surface area contributed by atoms with Gasteiger partial charge in [0, 0.05) is 24.8 Å². The highest BCUT2D eigenvalue weighted by molar-refractivity contribution is 5.98. The third kappa shape index (κ3) is 2.50. The van der Waals surface area contributed by atoms with Crippen molar-refractivity contribution in [1.29, 1.82) is 0 Å². The van der Waals surface area contributed by atoms with E-state index in [1.54, 1.807) is 0 Å². The number of primary amides is 1. The fourth-order valence-corrected chi connectivity index (χ4v) is 3.16. The van der Waals surface area contributed by atoms with Gasteiger partial charge in [-0.1, -0.05) is 0 Å². The minimum atomic E-state index is -0.379. The summed E-state index contributed by atoms with van der Waals surface area (Å²) in [5.74, 6) is 0.390. The number of pyridine rings is 1. The molecule has 4 N–H and O–H groups in total. The zero-order valence-electron chi connectivity index (χ0n) is 11.8. The average molecular weight is 274 g/mol. The molecule has 5 heteroatoms. The Hall–Kier alpha value is -1.62. The number of nitrogens with zero attached hydrogens (tertiary/aromatic N) is 2. The Morgan fingerprint density at radius 2 is 1.95 bits per heavy atom. The van der Waals surface area contributed by atoms with E-state index in [-0.39, 0.29) is 11.9 Å². The minimum Gasteiger partial charge on any atom is -0.365 e. The minimum absolute atomic E-state index is 0.265. The molecular weight excluding hydrogens is 252 g/mol. The van der Waals surface area contributed by atoms with Gasteiger partial charge in [-0.05, 0) is 50.2 Å². The van der Waals surface area contributed by atoms with Crippen molar-refractivity contribution in [1.82, 2.24) is 4.98 Å². The van der Waals surface area contributed by atoms with Crippen LogP contribution in [0.15, 0.2) is 6.07 Å². The van der Waals surface area contributed by atoms with Crippen LogP contribution in [0.3, 0.4) is 0 Å². The van der Waals surface area contributed by atoms with Crippen LogP contribution >= 0.6 is 0 Å². The number of amides is 1. The number of nitrogens with two attached hydrogens (primary N) is 2. The van der Waals surface area contributed by atoms with Crippen LogP contribution in [-0.2, 0) is 12.8 Å². The van der Waals surface area contributed by atoms with Gasteiger partial charge >= 0.3 is 0 Å². The zero-order valence-corrected chi connectivity index (χ0v) is 11.8. The lowest BCUT2D eigenvalue weighted by Gasteiger charge is -2.33. The SMILES string of the molecule is NC(=O)c1cc2c(nc1N1CCC(N)CC1)CCCC2. The Morgan fingerprint density at radius 3 is 2.65 bits per heavy atom. The first kappa shape index (κ1) is 13.4. The van der Waals surface area contributed by atoms with Gasteiger partial charge in [0.2, 0.25) is 0 Å². The molecule has 3 rings (SSSR count). The molecular formula is C15H22N4O. The smallest absolute Gasteiger partial charge is 0.252 e. The van der Waals surface area contributed by atoms with Gasteiger partial charge in [0.25, 0.3) is 5.91 Å². The second kappa shape index (κ2) is 5.40. The molecule has 2 aliphatic rings. The van der Waals surface area contributed by atoms with Crippen molar-refractivity contribution in [2.75, 3.05) is 18.0 Å². The normalized spacial score (nSPS) is 19.8. The molecule has 0 unspecified atom stereocenters. The number of fused-ring (bicyclic) bond motifs is 1. The van der Waals surface area contributed by atoms with Crippen molar-refractivity contribution in [3.8, 4) is 0 Å². The third-order valence-corrected chi connectivity index (χ3v) is 4.39. The van der Waals surface area contributed by atoms with Gasteiger partial charge in [-0.2, -0.15) is 0 Å². The second-order valence-corrected chi connectivity index (χ2v) is 5.86. The summed E-state index contributed by atoms with van der Waals surface area (Å²) in [5.41, 5.74) is 14.4. The maximum absolute atomic E-state index is 11.7. The first-order valence-electron chi connectivity index (χ1n) is 7.48. The predicted molar refractivity (Wildman–Crippen MR) is 78.8 cm³/mol. The Bertz CT molecular complexity index is 521. The number of aromatic nitrogens is 1. The Labute approximate surface area is 119 Å². The largest absolute Gasteiger partial charge is 0.365 e. The zero-order chi connectivity index (χ0) is 14.1. The molecule has 5 nitrogen and oxygen atoms in total. The summed E-state index contributed by atoms with van der Waals surface area (Å²) < 4.78 is 0. The molecule has 2 heterocycles. The summed E-state index contributed by atoms with van der Waals surface area (Å²) >= 11 is 0. The van der Waals surface area contributed by atoms with Crippen molar-refractivity contribution in [3.63, 3.8) is 0 Å². The van der Waals surface area contributed by atoms with Crippen molar-refractivity contribution >= 4 is 11.7 Å². The Morgan fingerprint density at radius 1 is 1.25 bits per heavy atom. The molecule has 108 valence electrons. The molecule has 0 atom stereocenters. The van der Waals surface area contributed by atoms with E-state index in [0.29, 0.717) is 5.56 Å². The molecule has 0 bridgehead atoms. The van der Waals surface area contributed by atoms with Gasteiger partial charge in [0.05, 0.1) is 5.56 Å². The number of rotatable bonds is 2. The van der Waals surface area contributed by atoms with Crippen molar-refractivity contribution in [2.45, 2.75) is 44.6 Å². The second-order valence-electron chi connectivity index (χ2n) is 5.86. The molecule has 0 saturated carbocycles. The number of anilines is 1. The van der Waals surface area contributed by atoms with Crippen molar-refractivity contribution in [2.24, 2.45) is 11.5 Å². The van der Waals surface area contributed by atoms with Crippen molar-refractivity contribution < 1.29 is 4.79 Å². The monoisotopic (exact) mass is 274 g/mol. The van der Waals surface area contributed by atoms with Gasteiger partial charge in [-0.15, -0.1) is 0 Å². The van der Waals surface area contributed by atoms with E-state index in [9.17, 15) is 4.79 Å². The van der Waals surface area contributed by atoms with Gasteiger partial charge in [-0.25, -0.2) is 4.98 Å². The molecule has 0 aromatic carbocycles. The molecule has 1 aromatic heterocycles. The average Bonchev–Trinajstić information content (AvgIpc) is 2.46. The van der Waals surface area contributed by atoms with E-state index in [0.717, 1.165) is 50.3 Å². The fourth-order valence-electron chi connectivity index (χ4n) is 3.16. The number of hydrogen-bond donors (Lipinski definition) is 2. The van der Waals surface area contributed by atoms with E-state index in [4.69, 9.17) is 16.5 Å². The molecule has 1 amide bonds. The summed E-state index contributed by atoms with van der Waals surface area (Å²) in [7, 11) is 0. The van der Waals surface area contributed by atoms with Crippen LogP contribution in [0.25, 0.3) is 0 Å². The quantitative estimate of drug-likeness (QED) is 0.842. The van der Waals surface area contributed by atoms with Crippen LogP contribution < -0.4 is 16.4 Å². The van der Waals surface area contributed by atoms with Gasteiger partial charge in [-0.3, -0.25) is 4.79 Å². The molecule has 0 radical (unpaired) electrons. The number of piperidine rings is 1. The lowest BCUT2D eigenvalue weighted by molar-refractivity contribution is 0.1000. The van der Waals surface area contributed by atoms with Crippen LogP contribution in [0, 0.1) is 0 Å². The van der Waals surface area contributed by atoms with Crippen LogP contribution in [0.5, 0.6) is 0 Å². The highest BCUT2D eigenvalue weighted by Crippen LogP contribution is 2.28. The standard InChI is InChI=1S/C15H22N4O/c16-11-5-7-19(8-6-11)15-12(14(17)20)9-10-3-1-2-4-13(10)18-15/h9,11H,1-8,16H2,(H2,17,20). The maximum Gasteiger partial charge on any atom is 0.252 e. The summed E-state index contributed by atoms with van der Waals surface area (Å²) in [5, 5.41) is 0. The first-order valence-corrected chi connectivity index (χ1v) is 7.48. The highest BCUT2D eigenvalue weighted by Gasteiger charge is 2.24. The van der Waals surface area contributed by atoms with Gasteiger partial charge in [0.15, 0.2) is 0 Å². The molecule has 1 aliphatic heterocycles. The Balaban J connectivity index is 1.97. The first-order chi connectivity index (χ1) is 9.65. The lowest BCUT2D eigenvalue weighted by Crippen LogP contribution is -2.41. The van der Waals surface area contributed by atoms with Crippen LogP contribution in [0.4, 0.5) is 5.82 Å². The number of carbonyl (C=O) groups excluding carboxylic acids is 1. The van der Waals surface area contributed by atoms with Crippen molar-refractivity contribution in [3.05, 3.63) is 22.9 Å². The van der Waals surface area contributed by atoms with E-state index >= 15 is 0 Å². The van der Waals surface area contributed by atoms with Gasteiger partial charge < -0.3 is 16.4 Å². The van der Waals surface area contributed by atoms with E-state index < -0.39 is 0 Å². The molecule has 1 aromatic rings. The van der Waals surface area contributed by atoms with E-state index in [1.807, 2.05) is 6.07 Å². The number of aryl methyl sites for hydroxylation is 2. The van der Waals surface area contributed by atoms with Crippen LogP contribution in [0.1, 0.15) is 47.3 Å². The summed E-state index contributed by atoms with van der Waals surface area (Å²) in [4.78, 5) is 18.7. The van der Waals surface area contributed by atoms with Crippen LogP contribution in [0.2, 0.25) is 0 Å².